The molecule has 1 aromatic heterocycles. The molecule has 2 rings (SSSR count). The van der Waals surface area contributed by atoms with Crippen LogP contribution in [0.15, 0.2) is 24.3 Å². The summed E-state index contributed by atoms with van der Waals surface area (Å²) in [5, 5.41) is 0.499. The van der Waals surface area contributed by atoms with Crippen LogP contribution in [0.4, 0.5) is 5.00 Å². The summed E-state index contributed by atoms with van der Waals surface area (Å²) in [7, 11) is 1.37. The molecule has 0 unspecified atom stereocenters. The first-order chi connectivity index (χ1) is 10.5. The van der Waals surface area contributed by atoms with Crippen LogP contribution < -0.4 is 10.5 Å². The third kappa shape index (κ3) is 3.09. The number of anilines is 1. The van der Waals surface area contributed by atoms with Crippen LogP contribution in [-0.4, -0.2) is 19.7 Å². The molecule has 0 aliphatic heterocycles. The zero-order valence-electron chi connectivity index (χ0n) is 13.3. The minimum absolute atomic E-state index is 0.271. The smallest absolute Gasteiger partial charge is 0.341 e. The van der Waals surface area contributed by atoms with Gasteiger partial charge in [0.15, 0.2) is 0 Å². The van der Waals surface area contributed by atoms with Crippen molar-refractivity contribution in [3.63, 3.8) is 0 Å². The van der Waals surface area contributed by atoms with Crippen molar-refractivity contribution >= 4 is 22.3 Å². The van der Waals surface area contributed by atoms with Gasteiger partial charge in [-0.15, -0.1) is 11.3 Å². The molecule has 118 valence electrons. The van der Waals surface area contributed by atoms with Crippen LogP contribution >= 0.6 is 11.3 Å². The fourth-order valence-electron chi connectivity index (χ4n) is 2.35. The van der Waals surface area contributed by atoms with Gasteiger partial charge in [0.1, 0.15) is 16.3 Å². The molecule has 0 spiro atoms. The highest BCUT2D eigenvalue weighted by Crippen LogP contribution is 2.43. The first-order valence-corrected chi connectivity index (χ1v) is 8.04. The topological polar surface area (TPSA) is 61.5 Å². The number of benzene rings is 1. The predicted molar refractivity (Wildman–Crippen MR) is 90.8 cm³/mol. The summed E-state index contributed by atoms with van der Waals surface area (Å²) in [6.07, 6.45) is 0. The number of esters is 1. The van der Waals surface area contributed by atoms with Crippen LogP contribution in [0, 0.1) is 0 Å². The average molecular weight is 319 g/mol. The molecule has 2 N–H and O–H groups in total. The number of ether oxygens (including phenoxy) is 2. The van der Waals surface area contributed by atoms with E-state index in [1.807, 2.05) is 31.2 Å². The van der Waals surface area contributed by atoms with Gasteiger partial charge in [-0.05, 0) is 30.5 Å². The summed E-state index contributed by atoms with van der Waals surface area (Å²) in [6, 6.07) is 7.70. The number of thiophene rings is 1. The van der Waals surface area contributed by atoms with Gasteiger partial charge in [-0.25, -0.2) is 4.79 Å². The van der Waals surface area contributed by atoms with Gasteiger partial charge >= 0.3 is 5.97 Å². The second-order valence-corrected chi connectivity index (χ2v) is 6.27. The number of carbonyl (C=O) groups excluding carboxylic acids is 1. The molecule has 22 heavy (non-hydrogen) atoms. The zero-order chi connectivity index (χ0) is 16.3. The summed E-state index contributed by atoms with van der Waals surface area (Å²) in [5.41, 5.74) is 8.34. The highest BCUT2D eigenvalue weighted by atomic mass is 32.1. The monoisotopic (exact) mass is 319 g/mol. The standard InChI is InChI=1S/C17H21NO3S/c1-5-21-12-8-6-11(7-9-12)13-14(17(19)20-4)16(18)22-15(13)10(2)3/h6-10H,5,18H2,1-4H3. The molecule has 0 saturated carbocycles. The number of nitrogen functional groups attached to an aromatic ring is 1. The van der Waals surface area contributed by atoms with Crippen LogP contribution in [-0.2, 0) is 4.74 Å². The molecule has 0 radical (unpaired) electrons. The van der Waals surface area contributed by atoms with Crippen molar-refractivity contribution in [3.8, 4) is 16.9 Å². The molecule has 2 aromatic rings. The van der Waals surface area contributed by atoms with Crippen molar-refractivity contribution in [1.82, 2.24) is 0 Å². The van der Waals surface area contributed by atoms with Crippen molar-refractivity contribution in [3.05, 3.63) is 34.7 Å². The summed E-state index contributed by atoms with van der Waals surface area (Å²) in [4.78, 5) is 13.2. The van der Waals surface area contributed by atoms with Gasteiger partial charge in [-0.2, -0.15) is 0 Å². The van der Waals surface area contributed by atoms with Gasteiger partial charge in [-0.3, -0.25) is 0 Å². The Balaban J connectivity index is 2.58. The van der Waals surface area contributed by atoms with Crippen molar-refractivity contribution in [2.75, 3.05) is 19.5 Å². The van der Waals surface area contributed by atoms with Crippen LogP contribution in [0.5, 0.6) is 5.75 Å². The van der Waals surface area contributed by atoms with Crippen molar-refractivity contribution < 1.29 is 14.3 Å². The molecular weight excluding hydrogens is 298 g/mol. The lowest BCUT2D eigenvalue weighted by molar-refractivity contribution is 0.0603. The van der Waals surface area contributed by atoms with E-state index in [1.54, 1.807) is 0 Å². The number of rotatable bonds is 5. The van der Waals surface area contributed by atoms with E-state index in [-0.39, 0.29) is 5.92 Å². The number of hydrogen-bond donors (Lipinski definition) is 1. The maximum absolute atomic E-state index is 12.1. The largest absolute Gasteiger partial charge is 0.494 e. The van der Waals surface area contributed by atoms with Gasteiger partial charge in [-0.1, -0.05) is 26.0 Å². The lowest BCUT2D eigenvalue weighted by Gasteiger charge is -2.10. The minimum Gasteiger partial charge on any atom is -0.494 e. The quantitative estimate of drug-likeness (QED) is 0.834. The van der Waals surface area contributed by atoms with Crippen LogP contribution in [0.3, 0.4) is 0 Å². The molecule has 0 saturated heterocycles. The molecule has 0 amide bonds. The molecule has 4 nitrogen and oxygen atoms in total. The molecule has 0 aliphatic rings. The van der Waals surface area contributed by atoms with Gasteiger partial charge in [0.25, 0.3) is 0 Å². The number of hydrogen-bond acceptors (Lipinski definition) is 5. The normalized spacial score (nSPS) is 10.8. The third-order valence-electron chi connectivity index (χ3n) is 3.33. The minimum atomic E-state index is -0.399. The molecule has 0 bridgehead atoms. The Morgan fingerprint density at radius 2 is 1.91 bits per heavy atom. The molecule has 5 heteroatoms. The summed E-state index contributed by atoms with van der Waals surface area (Å²) in [6.45, 7) is 6.74. The maximum atomic E-state index is 12.1. The van der Waals surface area contributed by atoms with Crippen LogP contribution in [0.2, 0.25) is 0 Å². The molecule has 1 aromatic carbocycles. The fourth-order valence-corrected chi connectivity index (χ4v) is 3.43. The Morgan fingerprint density at radius 1 is 1.27 bits per heavy atom. The van der Waals surface area contributed by atoms with E-state index in [0.717, 1.165) is 21.8 Å². The molecule has 1 heterocycles. The second-order valence-electron chi connectivity index (χ2n) is 5.18. The van der Waals surface area contributed by atoms with E-state index in [0.29, 0.717) is 17.2 Å². The Kier molecular flexibility index (Phi) is 5.08. The second kappa shape index (κ2) is 6.83. The first-order valence-electron chi connectivity index (χ1n) is 7.23. The average Bonchev–Trinajstić information content (AvgIpc) is 2.85. The summed E-state index contributed by atoms with van der Waals surface area (Å²) in [5.74, 6) is 0.678. The molecular formula is C17H21NO3S. The molecule has 0 fully saturated rings. The van der Waals surface area contributed by atoms with E-state index in [2.05, 4.69) is 13.8 Å². The first kappa shape index (κ1) is 16.4. The lowest BCUT2D eigenvalue weighted by atomic mass is 9.97. The summed E-state index contributed by atoms with van der Waals surface area (Å²) < 4.78 is 10.4. The van der Waals surface area contributed by atoms with Crippen LogP contribution in [0.1, 0.15) is 41.9 Å². The van der Waals surface area contributed by atoms with Gasteiger partial charge in [0.05, 0.1) is 13.7 Å². The lowest BCUT2D eigenvalue weighted by Crippen LogP contribution is -2.05. The molecule has 0 atom stereocenters. The number of nitrogens with two attached hydrogens (primary N) is 1. The highest BCUT2D eigenvalue weighted by Gasteiger charge is 2.25. The van der Waals surface area contributed by atoms with Crippen molar-refractivity contribution in [2.45, 2.75) is 26.7 Å². The van der Waals surface area contributed by atoms with E-state index in [1.165, 1.54) is 18.4 Å². The third-order valence-corrected chi connectivity index (χ3v) is 4.65. The predicted octanol–water partition coefficient (Wildman–Crippen LogP) is 4.31. The van der Waals surface area contributed by atoms with E-state index < -0.39 is 5.97 Å². The number of methoxy groups -OCH3 is 1. The SMILES string of the molecule is CCOc1ccc(-c2c(C(C)C)sc(N)c2C(=O)OC)cc1. The van der Waals surface area contributed by atoms with Crippen LogP contribution in [0.25, 0.3) is 11.1 Å². The van der Waals surface area contributed by atoms with Gasteiger partial charge < -0.3 is 15.2 Å². The van der Waals surface area contributed by atoms with Gasteiger partial charge in [0, 0.05) is 10.4 Å². The molecule has 0 aliphatic carbocycles. The Labute approximate surface area is 134 Å². The van der Waals surface area contributed by atoms with E-state index >= 15 is 0 Å². The fraction of sp³-hybridized carbons (Fsp3) is 0.353. The Hall–Kier alpha value is -2.01. The maximum Gasteiger partial charge on any atom is 0.341 e. The van der Waals surface area contributed by atoms with E-state index in [4.69, 9.17) is 15.2 Å². The Bertz CT molecular complexity index is 659. The number of carbonyl (C=O) groups is 1. The Morgan fingerprint density at radius 3 is 2.41 bits per heavy atom. The van der Waals surface area contributed by atoms with Crippen molar-refractivity contribution in [1.29, 1.82) is 0 Å². The highest BCUT2D eigenvalue weighted by molar-refractivity contribution is 7.17. The van der Waals surface area contributed by atoms with Crippen molar-refractivity contribution in [2.24, 2.45) is 0 Å². The van der Waals surface area contributed by atoms with E-state index in [9.17, 15) is 4.79 Å². The summed E-state index contributed by atoms with van der Waals surface area (Å²) >= 11 is 1.45. The zero-order valence-corrected chi connectivity index (χ0v) is 14.1. The van der Waals surface area contributed by atoms with Gasteiger partial charge in [0.2, 0.25) is 0 Å².